The topological polar surface area (TPSA) is 94.7 Å². The van der Waals surface area contributed by atoms with Crippen LogP contribution in [0.3, 0.4) is 0 Å². The number of hydrogen-bond acceptors (Lipinski definition) is 4. The van der Waals surface area contributed by atoms with Crippen LogP contribution in [-0.2, 0) is 0 Å². The Morgan fingerprint density at radius 3 is 3.05 bits per heavy atom. The minimum atomic E-state index is -0.352. The number of fused-ring (bicyclic) bond motifs is 1. The van der Waals surface area contributed by atoms with Crippen molar-refractivity contribution in [3.63, 3.8) is 0 Å². The normalized spacial score (nSPS) is 15.6. The summed E-state index contributed by atoms with van der Waals surface area (Å²) in [5.74, 6) is -0.173. The monoisotopic (exact) mass is 259 g/mol. The van der Waals surface area contributed by atoms with Gasteiger partial charge in [0.15, 0.2) is 5.52 Å². The Morgan fingerprint density at radius 1 is 1.42 bits per heavy atom. The van der Waals surface area contributed by atoms with E-state index >= 15 is 0 Å². The van der Waals surface area contributed by atoms with E-state index in [1.54, 1.807) is 4.90 Å². The molecule has 0 unspecified atom stereocenters. The van der Waals surface area contributed by atoms with Crippen LogP contribution < -0.4 is 5.56 Å². The minimum absolute atomic E-state index is 0.162. The second-order valence-electron chi connectivity index (χ2n) is 4.59. The lowest BCUT2D eigenvalue weighted by atomic mass is 10.1. The van der Waals surface area contributed by atoms with E-state index in [0.29, 0.717) is 18.6 Å². The summed E-state index contributed by atoms with van der Waals surface area (Å²) in [6.07, 6.45) is 4.24. The Morgan fingerprint density at radius 2 is 2.26 bits per heavy atom. The Labute approximate surface area is 108 Å². The lowest BCUT2D eigenvalue weighted by molar-refractivity contribution is 0.0762. The zero-order valence-electron chi connectivity index (χ0n) is 10.4. The van der Waals surface area contributed by atoms with E-state index in [1.807, 2.05) is 6.92 Å². The van der Waals surface area contributed by atoms with Gasteiger partial charge in [-0.25, -0.2) is 4.98 Å². The van der Waals surface area contributed by atoms with Gasteiger partial charge in [0.1, 0.15) is 11.2 Å². The molecule has 2 N–H and O–H groups in total. The van der Waals surface area contributed by atoms with Crippen molar-refractivity contribution >= 4 is 16.9 Å². The van der Waals surface area contributed by atoms with Gasteiger partial charge in [0.25, 0.3) is 11.5 Å². The third kappa shape index (κ3) is 1.92. The van der Waals surface area contributed by atoms with Crippen LogP contribution in [0.5, 0.6) is 0 Å². The first kappa shape index (κ1) is 11.6. The van der Waals surface area contributed by atoms with Crippen molar-refractivity contribution in [1.29, 1.82) is 0 Å². The number of nitrogens with zero attached hydrogens (tertiary/aromatic N) is 3. The Balaban J connectivity index is 2.01. The minimum Gasteiger partial charge on any atom is -0.333 e. The van der Waals surface area contributed by atoms with E-state index in [1.165, 1.54) is 6.33 Å². The summed E-state index contributed by atoms with van der Waals surface area (Å²) in [7, 11) is 0. The molecule has 3 heterocycles. The standard InChI is InChI=1S/C12H13N5O2/c1-7-3-2-4-17(5-7)12(19)10-8-9(15-16-10)11(18)14-6-13-8/h3,6H,2,4-5H2,1H3,(H,15,16)(H,13,14,18). The van der Waals surface area contributed by atoms with Crippen molar-refractivity contribution < 1.29 is 4.79 Å². The Bertz CT molecular complexity index is 727. The summed E-state index contributed by atoms with van der Waals surface area (Å²) in [6.45, 7) is 3.26. The van der Waals surface area contributed by atoms with Gasteiger partial charge in [-0.1, -0.05) is 11.6 Å². The molecule has 3 rings (SSSR count). The van der Waals surface area contributed by atoms with Gasteiger partial charge in [-0.2, -0.15) is 5.10 Å². The van der Waals surface area contributed by atoms with Gasteiger partial charge in [0.05, 0.1) is 6.33 Å². The molecule has 7 nitrogen and oxygen atoms in total. The maximum Gasteiger partial charge on any atom is 0.279 e. The van der Waals surface area contributed by atoms with Crippen LogP contribution in [0, 0.1) is 0 Å². The number of H-pyrrole nitrogens is 2. The number of aromatic amines is 2. The van der Waals surface area contributed by atoms with Gasteiger partial charge in [-0.05, 0) is 13.3 Å². The predicted molar refractivity (Wildman–Crippen MR) is 68.8 cm³/mol. The fraction of sp³-hybridized carbons (Fsp3) is 0.333. The number of carbonyl (C=O) groups is 1. The van der Waals surface area contributed by atoms with Gasteiger partial charge in [0, 0.05) is 13.1 Å². The maximum absolute atomic E-state index is 12.4. The van der Waals surface area contributed by atoms with Crippen LogP contribution in [0.1, 0.15) is 23.8 Å². The smallest absolute Gasteiger partial charge is 0.279 e. The van der Waals surface area contributed by atoms with Crippen LogP contribution >= 0.6 is 0 Å². The molecule has 1 amide bonds. The number of carbonyl (C=O) groups excluding carboxylic acids is 1. The van der Waals surface area contributed by atoms with Crippen molar-refractivity contribution in [1.82, 2.24) is 25.1 Å². The molecule has 0 saturated carbocycles. The van der Waals surface area contributed by atoms with E-state index in [2.05, 4.69) is 26.2 Å². The molecule has 0 aromatic carbocycles. The van der Waals surface area contributed by atoms with Crippen molar-refractivity contribution in [2.45, 2.75) is 13.3 Å². The SMILES string of the molecule is CC1=CCCN(C(=O)c2[nH]nc3c(=O)[nH]cnc23)C1. The average Bonchev–Trinajstić information content (AvgIpc) is 2.83. The van der Waals surface area contributed by atoms with Crippen LogP contribution in [0.15, 0.2) is 22.8 Å². The first-order valence-electron chi connectivity index (χ1n) is 6.03. The van der Waals surface area contributed by atoms with Gasteiger partial charge in [0.2, 0.25) is 0 Å². The summed E-state index contributed by atoms with van der Waals surface area (Å²) in [6, 6.07) is 0. The molecule has 98 valence electrons. The molecule has 2 aromatic rings. The Kier molecular flexibility index (Phi) is 2.66. The molecule has 2 aromatic heterocycles. The van der Waals surface area contributed by atoms with Crippen LogP contribution in [0.25, 0.3) is 11.0 Å². The summed E-state index contributed by atoms with van der Waals surface area (Å²) in [5.41, 5.74) is 1.57. The zero-order chi connectivity index (χ0) is 13.4. The molecule has 0 radical (unpaired) electrons. The molecule has 0 bridgehead atoms. The third-order valence-electron chi connectivity index (χ3n) is 3.18. The Hall–Kier alpha value is -2.44. The highest BCUT2D eigenvalue weighted by molar-refractivity contribution is 6.02. The second-order valence-corrected chi connectivity index (χ2v) is 4.59. The number of rotatable bonds is 1. The summed E-state index contributed by atoms with van der Waals surface area (Å²) in [5, 5.41) is 6.48. The van der Waals surface area contributed by atoms with Crippen LogP contribution in [-0.4, -0.2) is 44.1 Å². The molecule has 0 atom stereocenters. The van der Waals surface area contributed by atoms with E-state index < -0.39 is 0 Å². The number of nitrogens with one attached hydrogen (secondary N) is 2. The molecule has 19 heavy (non-hydrogen) atoms. The molecule has 0 fully saturated rings. The van der Waals surface area contributed by atoms with Crippen molar-refractivity contribution in [3.05, 3.63) is 34.0 Å². The van der Waals surface area contributed by atoms with Gasteiger partial charge < -0.3 is 9.88 Å². The van der Waals surface area contributed by atoms with Crippen LogP contribution in [0.2, 0.25) is 0 Å². The molecular weight excluding hydrogens is 246 g/mol. The first-order chi connectivity index (χ1) is 9.16. The molecular formula is C12H13N5O2. The van der Waals surface area contributed by atoms with E-state index in [4.69, 9.17) is 0 Å². The maximum atomic E-state index is 12.4. The average molecular weight is 259 g/mol. The highest BCUT2D eigenvalue weighted by Gasteiger charge is 2.23. The lowest BCUT2D eigenvalue weighted by Crippen LogP contribution is -2.35. The van der Waals surface area contributed by atoms with Crippen molar-refractivity contribution in [2.75, 3.05) is 13.1 Å². The molecule has 7 heteroatoms. The number of aromatic nitrogens is 4. The fourth-order valence-electron chi connectivity index (χ4n) is 2.24. The first-order valence-corrected chi connectivity index (χ1v) is 6.03. The summed E-state index contributed by atoms with van der Waals surface area (Å²) >= 11 is 0. The van der Waals surface area contributed by atoms with Gasteiger partial charge >= 0.3 is 0 Å². The van der Waals surface area contributed by atoms with Crippen molar-refractivity contribution in [2.24, 2.45) is 0 Å². The summed E-state index contributed by atoms with van der Waals surface area (Å²) in [4.78, 5) is 32.1. The van der Waals surface area contributed by atoms with Gasteiger partial charge in [-0.15, -0.1) is 0 Å². The molecule has 0 saturated heterocycles. The largest absolute Gasteiger partial charge is 0.333 e. The number of amides is 1. The second kappa shape index (κ2) is 4.34. The fourth-order valence-corrected chi connectivity index (χ4v) is 2.24. The predicted octanol–water partition coefficient (Wildman–Crippen LogP) is 0.438. The van der Waals surface area contributed by atoms with E-state index in [0.717, 1.165) is 12.0 Å². The van der Waals surface area contributed by atoms with Crippen LogP contribution in [0.4, 0.5) is 0 Å². The highest BCUT2D eigenvalue weighted by Crippen LogP contribution is 2.15. The van der Waals surface area contributed by atoms with Gasteiger partial charge in [-0.3, -0.25) is 14.7 Å². The van der Waals surface area contributed by atoms with Crippen molar-refractivity contribution in [3.8, 4) is 0 Å². The quantitative estimate of drug-likeness (QED) is 0.726. The molecule has 1 aliphatic rings. The zero-order valence-corrected chi connectivity index (χ0v) is 10.4. The molecule has 1 aliphatic heterocycles. The lowest BCUT2D eigenvalue weighted by Gasteiger charge is -2.25. The molecule has 0 aliphatic carbocycles. The van der Waals surface area contributed by atoms with E-state index in [-0.39, 0.29) is 22.7 Å². The van der Waals surface area contributed by atoms with E-state index in [9.17, 15) is 9.59 Å². The highest BCUT2D eigenvalue weighted by atomic mass is 16.2. The summed E-state index contributed by atoms with van der Waals surface area (Å²) < 4.78 is 0. The molecule has 0 spiro atoms. The number of hydrogen-bond donors (Lipinski definition) is 2. The third-order valence-corrected chi connectivity index (χ3v) is 3.18.